The van der Waals surface area contributed by atoms with Gasteiger partial charge in [-0.3, -0.25) is 0 Å². The molecule has 0 amide bonds. The number of aromatic nitrogens is 2. The Kier molecular flexibility index (Phi) is 6.50. The Labute approximate surface area is 132 Å². The maximum absolute atomic E-state index is 14.0. The fraction of sp³-hybridized carbons (Fsp3) is 0.474. The van der Waals surface area contributed by atoms with Crippen LogP contribution in [0.4, 0.5) is 4.39 Å². The Morgan fingerprint density at radius 3 is 2.27 bits per heavy atom. The van der Waals surface area contributed by atoms with Crippen LogP contribution in [-0.4, -0.2) is 9.97 Å². The molecule has 118 valence electrons. The molecule has 0 aliphatic heterocycles. The van der Waals surface area contributed by atoms with E-state index in [1.165, 1.54) is 24.8 Å². The van der Waals surface area contributed by atoms with E-state index in [-0.39, 0.29) is 5.95 Å². The average Bonchev–Trinajstić information content (AvgIpc) is 2.54. The Bertz CT molecular complexity index is 578. The topological polar surface area (TPSA) is 25.8 Å². The van der Waals surface area contributed by atoms with Gasteiger partial charge in [0.25, 0.3) is 0 Å². The van der Waals surface area contributed by atoms with E-state index in [9.17, 15) is 4.39 Å². The number of aryl methyl sites for hydroxylation is 2. The van der Waals surface area contributed by atoms with Gasteiger partial charge in [-0.2, -0.15) is 9.37 Å². The van der Waals surface area contributed by atoms with Gasteiger partial charge in [0, 0.05) is 17.3 Å². The summed E-state index contributed by atoms with van der Waals surface area (Å²) in [7, 11) is 0. The van der Waals surface area contributed by atoms with E-state index in [0.717, 1.165) is 24.8 Å². The fourth-order valence-electron chi connectivity index (χ4n) is 2.46. The lowest BCUT2D eigenvalue weighted by molar-refractivity contribution is 0.558. The number of hydrogen-bond donors (Lipinski definition) is 0. The van der Waals surface area contributed by atoms with E-state index >= 15 is 0 Å². The summed E-state index contributed by atoms with van der Waals surface area (Å²) >= 11 is 0. The Balaban J connectivity index is 2.06. The highest BCUT2D eigenvalue weighted by atomic mass is 19.1. The standard InChI is InChI=1S/C19H25FN2/c1-3-5-7-8-15-10-12-16(13-11-15)19-21-14-17(9-6-4-2)18(20)22-19/h10-14H,3-9H2,1-2H3. The van der Waals surface area contributed by atoms with Crippen LogP contribution in [0.25, 0.3) is 11.4 Å². The van der Waals surface area contributed by atoms with Gasteiger partial charge in [-0.25, -0.2) is 4.98 Å². The number of halogens is 1. The van der Waals surface area contributed by atoms with Crippen molar-refractivity contribution in [2.45, 2.75) is 58.8 Å². The van der Waals surface area contributed by atoms with Crippen molar-refractivity contribution in [2.75, 3.05) is 0 Å². The third-order valence-electron chi connectivity index (χ3n) is 3.89. The van der Waals surface area contributed by atoms with E-state index in [1.807, 2.05) is 12.1 Å². The number of unbranched alkanes of at least 4 members (excludes halogenated alkanes) is 3. The predicted octanol–water partition coefficient (Wildman–Crippen LogP) is 5.36. The number of benzene rings is 1. The second-order valence-electron chi connectivity index (χ2n) is 5.77. The SMILES string of the molecule is CCCCCc1ccc(-c2ncc(CCCC)c(F)n2)cc1. The molecule has 3 heteroatoms. The van der Waals surface area contributed by atoms with Crippen LogP contribution in [0.15, 0.2) is 30.5 Å². The zero-order valence-corrected chi connectivity index (χ0v) is 13.6. The first-order valence-corrected chi connectivity index (χ1v) is 8.35. The smallest absolute Gasteiger partial charge is 0.219 e. The fourth-order valence-corrected chi connectivity index (χ4v) is 2.46. The third-order valence-corrected chi connectivity index (χ3v) is 3.89. The summed E-state index contributed by atoms with van der Waals surface area (Å²) in [6.07, 6.45) is 9.14. The van der Waals surface area contributed by atoms with Gasteiger partial charge in [-0.15, -0.1) is 0 Å². The molecule has 22 heavy (non-hydrogen) atoms. The molecule has 0 unspecified atom stereocenters. The highest BCUT2D eigenvalue weighted by molar-refractivity contribution is 5.55. The van der Waals surface area contributed by atoms with Gasteiger partial charge in [-0.05, 0) is 31.2 Å². The quantitative estimate of drug-likeness (QED) is 0.484. The molecule has 2 nitrogen and oxygen atoms in total. The van der Waals surface area contributed by atoms with Gasteiger partial charge in [0.15, 0.2) is 5.82 Å². The largest absolute Gasteiger partial charge is 0.236 e. The van der Waals surface area contributed by atoms with E-state index < -0.39 is 0 Å². The maximum Gasteiger partial charge on any atom is 0.219 e. The van der Waals surface area contributed by atoms with Crippen LogP contribution < -0.4 is 0 Å². The summed E-state index contributed by atoms with van der Waals surface area (Å²) in [6.45, 7) is 4.30. The molecule has 0 aliphatic rings. The van der Waals surface area contributed by atoms with Crippen molar-refractivity contribution in [1.29, 1.82) is 0 Å². The van der Waals surface area contributed by atoms with Crippen molar-refractivity contribution in [1.82, 2.24) is 9.97 Å². The summed E-state index contributed by atoms with van der Waals surface area (Å²) in [5.41, 5.74) is 2.80. The summed E-state index contributed by atoms with van der Waals surface area (Å²) in [5, 5.41) is 0. The molecule has 1 heterocycles. The molecule has 0 atom stereocenters. The van der Waals surface area contributed by atoms with Crippen LogP contribution in [-0.2, 0) is 12.8 Å². The lowest BCUT2D eigenvalue weighted by Crippen LogP contribution is -1.99. The number of nitrogens with zero attached hydrogens (tertiary/aromatic N) is 2. The van der Waals surface area contributed by atoms with Crippen molar-refractivity contribution in [3.05, 3.63) is 47.5 Å². The second-order valence-corrected chi connectivity index (χ2v) is 5.77. The van der Waals surface area contributed by atoms with Crippen LogP contribution in [0.1, 0.15) is 57.1 Å². The van der Waals surface area contributed by atoms with Crippen LogP contribution in [0.2, 0.25) is 0 Å². The normalized spacial score (nSPS) is 10.9. The number of rotatable bonds is 8. The lowest BCUT2D eigenvalue weighted by atomic mass is 10.0. The minimum Gasteiger partial charge on any atom is -0.236 e. The Morgan fingerprint density at radius 2 is 1.64 bits per heavy atom. The van der Waals surface area contributed by atoms with Crippen molar-refractivity contribution in [3.8, 4) is 11.4 Å². The Morgan fingerprint density at radius 1 is 0.909 bits per heavy atom. The molecule has 1 aromatic carbocycles. The number of hydrogen-bond acceptors (Lipinski definition) is 2. The minimum atomic E-state index is -0.384. The maximum atomic E-state index is 14.0. The molecule has 0 spiro atoms. The van der Waals surface area contributed by atoms with Crippen LogP contribution >= 0.6 is 0 Å². The van der Waals surface area contributed by atoms with Gasteiger partial charge >= 0.3 is 0 Å². The summed E-state index contributed by atoms with van der Waals surface area (Å²) in [6, 6.07) is 8.16. The van der Waals surface area contributed by atoms with E-state index in [2.05, 4.69) is 35.9 Å². The highest BCUT2D eigenvalue weighted by Gasteiger charge is 2.08. The van der Waals surface area contributed by atoms with Gasteiger partial charge in [0.1, 0.15) is 0 Å². The second kappa shape index (κ2) is 8.62. The van der Waals surface area contributed by atoms with Crippen LogP contribution in [0, 0.1) is 5.95 Å². The van der Waals surface area contributed by atoms with Crippen LogP contribution in [0.5, 0.6) is 0 Å². The molecule has 0 radical (unpaired) electrons. The van der Waals surface area contributed by atoms with E-state index in [0.29, 0.717) is 17.8 Å². The summed E-state index contributed by atoms with van der Waals surface area (Å²) in [4.78, 5) is 8.34. The van der Waals surface area contributed by atoms with Crippen molar-refractivity contribution in [3.63, 3.8) is 0 Å². The molecule has 0 fully saturated rings. The van der Waals surface area contributed by atoms with Gasteiger partial charge in [0.05, 0.1) is 0 Å². The van der Waals surface area contributed by atoms with Crippen molar-refractivity contribution >= 4 is 0 Å². The first kappa shape index (κ1) is 16.6. The van der Waals surface area contributed by atoms with E-state index in [1.54, 1.807) is 6.20 Å². The zero-order chi connectivity index (χ0) is 15.8. The molecule has 0 bridgehead atoms. The molecule has 2 aromatic rings. The van der Waals surface area contributed by atoms with Gasteiger partial charge in [-0.1, -0.05) is 57.4 Å². The highest BCUT2D eigenvalue weighted by Crippen LogP contribution is 2.18. The molecular weight excluding hydrogens is 275 g/mol. The molecule has 2 rings (SSSR count). The predicted molar refractivity (Wildman–Crippen MR) is 89.3 cm³/mol. The zero-order valence-electron chi connectivity index (χ0n) is 13.6. The van der Waals surface area contributed by atoms with Crippen LogP contribution in [0.3, 0.4) is 0 Å². The molecule has 0 aliphatic carbocycles. The molecule has 1 aromatic heterocycles. The van der Waals surface area contributed by atoms with Crippen molar-refractivity contribution in [2.24, 2.45) is 0 Å². The molecule has 0 saturated carbocycles. The third kappa shape index (κ3) is 4.62. The molecule has 0 saturated heterocycles. The molecular formula is C19H25FN2. The van der Waals surface area contributed by atoms with E-state index in [4.69, 9.17) is 0 Å². The first-order chi connectivity index (χ1) is 10.7. The first-order valence-electron chi connectivity index (χ1n) is 8.35. The summed E-state index contributed by atoms with van der Waals surface area (Å²) in [5.74, 6) is 0.0864. The van der Waals surface area contributed by atoms with Crippen molar-refractivity contribution < 1.29 is 4.39 Å². The average molecular weight is 300 g/mol. The molecule has 0 N–H and O–H groups in total. The van der Waals surface area contributed by atoms with Gasteiger partial charge in [0.2, 0.25) is 5.95 Å². The Hall–Kier alpha value is -1.77. The van der Waals surface area contributed by atoms with Gasteiger partial charge < -0.3 is 0 Å². The lowest BCUT2D eigenvalue weighted by Gasteiger charge is -2.06. The monoisotopic (exact) mass is 300 g/mol. The minimum absolute atomic E-state index is 0.384. The summed E-state index contributed by atoms with van der Waals surface area (Å²) < 4.78 is 14.0.